The highest BCUT2D eigenvalue weighted by molar-refractivity contribution is 7.13. The predicted molar refractivity (Wildman–Crippen MR) is 111 cm³/mol. The van der Waals surface area contributed by atoms with Crippen LogP contribution >= 0.6 is 11.3 Å². The van der Waals surface area contributed by atoms with Gasteiger partial charge in [-0.3, -0.25) is 19.6 Å². The first-order valence-electron chi connectivity index (χ1n) is 9.92. The maximum atomic E-state index is 13.1. The van der Waals surface area contributed by atoms with E-state index in [4.69, 9.17) is 4.74 Å². The topological polar surface area (TPSA) is 121 Å². The molecule has 0 aliphatic heterocycles. The number of nitrogens with one attached hydrogen (secondary N) is 2. The van der Waals surface area contributed by atoms with Gasteiger partial charge in [0.25, 0.3) is 5.91 Å². The molecule has 0 bridgehead atoms. The summed E-state index contributed by atoms with van der Waals surface area (Å²) in [7, 11) is 1.33. The second kappa shape index (κ2) is 12.7. The molecule has 0 aliphatic rings. The summed E-state index contributed by atoms with van der Waals surface area (Å²) in [5, 5.41) is 17.0. The number of hydroxylamine groups is 2. The zero-order valence-electron chi connectivity index (χ0n) is 18.3. The molecule has 0 aromatic carbocycles. The smallest absolute Gasteiger partial charge is 0.379 e. The number of amides is 3. The van der Waals surface area contributed by atoms with Gasteiger partial charge in [-0.1, -0.05) is 13.8 Å². The van der Waals surface area contributed by atoms with Crippen LogP contribution in [-0.2, 0) is 19.1 Å². The van der Waals surface area contributed by atoms with Crippen molar-refractivity contribution in [1.29, 1.82) is 0 Å². The van der Waals surface area contributed by atoms with Crippen LogP contribution < -0.4 is 10.6 Å². The summed E-state index contributed by atoms with van der Waals surface area (Å²) in [4.78, 5) is 40.9. The first-order chi connectivity index (χ1) is 14.9. The number of aromatic nitrogens is 1. The van der Waals surface area contributed by atoms with Gasteiger partial charge in [-0.05, 0) is 25.7 Å². The molecule has 1 rings (SSSR count). The van der Waals surface area contributed by atoms with Crippen LogP contribution in [0.15, 0.2) is 11.6 Å². The summed E-state index contributed by atoms with van der Waals surface area (Å²) in [6.07, 6.45) is -5.79. The summed E-state index contributed by atoms with van der Waals surface area (Å²) < 4.78 is 43.6. The monoisotopic (exact) mass is 482 g/mol. The minimum atomic E-state index is -4.54. The van der Waals surface area contributed by atoms with Crippen LogP contribution in [0.2, 0.25) is 0 Å². The Hall–Kier alpha value is -2.25. The predicted octanol–water partition coefficient (Wildman–Crippen LogP) is 2.82. The van der Waals surface area contributed by atoms with E-state index in [0.717, 1.165) is 11.3 Å². The van der Waals surface area contributed by atoms with E-state index in [1.54, 1.807) is 19.2 Å². The van der Waals surface area contributed by atoms with Crippen molar-refractivity contribution in [3.05, 3.63) is 11.6 Å². The van der Waals surface area contributed by atoms with Crippen LogP contribution in [0.3, 0.4) is 0 Å². The van der Waals surface area contributed by atoms with Crippen molar-refractivity contribution in [3.63, 3.8) is 0 Å². The zero-order valence-corrected chi connectivity index (χ0v) is 19.1. The normalized spacial score (nSPS) is 15.5. The van der Waals surface area contributed by atoms with E-state index >= 15 is 0 Å². The third-order valence-corrected chi connectivity index (χ3v) is 5.47. The van der Waals surface area contributed by atoms with Gasteiger partial charge in [0.2, 0.25) is 12.3 Å². The third kappa shape index (κ3) is 9.09. The van der Waals surface area contributed by atoms with E-state index < -0.39 is 54.9 Å². The van der Waals surface area contributed by atoms with Gasteiger partial charge in [0.15, 0.2) is 5.13 Å². The molecule has 3 N–H and O–H groups in total. The molecule has 4 atom stereocenters. The van der Waals surface area contributed by atoms with Crippen molar-refractivity contribution in [3.8, 4) is 0 Å². The van der Waals surface area contributed by atoms with Crippen molar-refractivity contribution >= 4 is 34.7 Å². The minimum Gasteiger partial charge on any atom is -0.379 e. The van der Waals surface area contributed by atoms with E-state index in [2.05, 4.69) is 15.6 Å². The molecule has 0 radical (unpaired) electrons. The molecule has 1 heterocycles. The summed E-state index contributed by atoms with van der Waals surface area (Å²) in [5.74, 6) is -2.77. The summed E-state index contributed by atoms with van der Waals surface area (Å²) >= 11 is 1.16. The molecule has 0 aliphatic carbocycles. The standard InChI is InChI=1S/C19H29F3N4O5S/c1-11(2)9-13(14(26(30)10-27)5-6-19(20,21)22)16(28)24-15(12(3)31-4)17(29)25-18-23-7-8-32-18/h7-8,10-15,30H,5-6,9H2,1-4H3,(H,24,28)(H,23,25,29)/t12-,13+,14+,15+/m1/s1. The Bertz CT molecular complexity index is 733. The fraction of sp³-hybridized carbons (Fsp3) is 0.684. The third-order valence-electron chi connectivity index (χ3n) is 4.78. The second-order valence-electron chi connectivity index (χ2n) is 7.70. The number of methoxy groups -OCH3 is 1. The maximum absolute atomic E-state index is 13.1. The van der Waals surface area contributed by atoms with E-state index in [0.29, 0.717) is 5.13 Å². The number of carbonyl (C=O) groups is 3. The first kappa shape index (κ1) is 27.8. The zero-order chi connectivity index (χ0) is 24.5. The lowest BCUT2D eigenvalue weighted by molar-refractivity contribution is -0.178. The van der Waals surface area contributed by atoms with Gasteiger partial charge in [-0.2, -0.15) is 13.2 Å². The van der Waals surface area contributed by atoms with Crippen molar-refractivity contribution in [2.45, 2.75) is 64.4 Å². The van der Waals surface area contributed by atoms with Gasteiger partial charge < -0.3 is 15.4 Å². The molecule has 182 valence electrons. The lowest BCUT2D eigenvalue weighted by Gasteiger charge is -2.33. The molecule has 0 spiro atoms. The molecule has 3 amide bonds. The number of thiazole rings is 1. The van der Waals surface area contributed by atoms with Gasteiger partial charge in [-0.15, -0.1) is 11.3 Å². The van der Waals surface area contributed by atoms with E-state index in [-0.39, 0.29) is 23.8 Å². The molecule has 13 heteroatoms. The van der Waals surface area contributed by atoms with Crippen LogP contribution in [0.25, 0.3) is 0 Å². The number of anilines is 1. The minimum absolute atomic E-state index is 0.0356. The number of nitrogens with zero attached hydrogens (tertiary/aromatic N) is 2. The Morgan fingerprint density at radius 2 is 1.97 bits per heavy atom. The number of ether oxygens (including phenoxy) is 1. The average molecular weight is 483 g/mol. The van der Waals surface area contributed by atoms with E-state index in [1.807, 2.05) is 0 Å². The van der Waals surface area contributed by atoms with Gasteiger partial charge in [0, 0.05) is 25.1 Å². The van der Waals surface area contributed by atoms with Crippen LogP contribution in [0.5, 0.6) is 0 Å². The molecule has 9 nitrogen and oxygen atoms in total. The molecule has 0 unspecified atom stereocenters. The maximum Gasteiger partial charge on any atom is 0.389 e. The lowest BCUT2D eigenvalue weighted by atomic mass is 9.86. The van der Waals surface area contributed by atoms with Crippen LogP contribution in [0.4, 0.5) is 18.3 Å². The van der Waals surface area contributed by atoms with Crippen molar-refractivity contribution in [2.24, 2.45) is 11.8 Å². The summed E-state index contributed by atoms with van der Waals surface area (Å²) in [6.45, 7) is 5.02. The SMILES string of the molecule is CO[C@H](C)[C@H](NC(=O)[C@@H](CC(C)C)[C@H](CCC(F)(F)F)N(O)C=O)C(=O)Nc1nccs1. The Morgan fingerprint density at radius 1 is 1.31 bits per heavy atom. The molecule has 32 heavy (non-hydrogen) atoms. The molecular weight excluding hydrogens is 453 g/mol. The Labute approximate surface area is 188 Å². The fourth-order valence-corrected chi connectivity index (χ4v) is 3.65. The Morgan fingerprint density at radius 3 is 2.44 bits per heavy atom. The molecule has 0 fully saturated rings. The number of hydrogen-bond donors (Lipinski definition) is 3. The number of carbonyl (C=O) groups excluding carboxylic acids is 3. The quantitative estimate of drug-likeness (QED) is 0.226. The van der Waals surface area contributed by atoms with Crippen LogP contribution in [-0.4, -0.2) is 65.0 Å². The first-order valence-corrected chi connectivity index (χ1v) is 10.8. The average Bonchev–Trinajstić information content (AvgIpc) is 3.21. The number of rotatable bonds is 13. The molecule has 1 aromatic heterocycles. The van der Waals surface area contributed by atoms with Gasteiger partial charge in [0.05, 0.1) is 18.1 Å². The van der Waals surface area contributed by atoms with Crippen LogP contribution in [0, 0.1) is 11.8 Å². The number of halogens is 3. The highest BCUT2D eigenvalue weighted by Gasteiger charge is 2.39. The van der Waals surface area contributed by atoms with Crippen molar-refractivity contribution < 1.29 is 37.5 Å². The second-order valence-corrected chi connectivity index (χ2v) is 8.59. The van der Waals surface area contributed by atoms with Gasteiger partial charge in [0.1, 0.15) is 6.04 Å². The Balaban J connectivity index is 3.13. The molecule has 0 saturated heterocycles. The molecule has 0 saturated carbocycles. The lowest BCUT2D eigenvalue weighted by Crippen LogP contribution is -2.55. The van der Waals surface area contributed by atoms with Crippen molar-refractivity contribution in [1.82, 2.24) is 15.4 Å². The Kier molecular flexibility index (Phi) is 11.0. The van der Waals surface area contributed by atoms with Crippen molar-refractivity contribution in [2.75, 3.05) is 12.4 Å². The number of alkyl halides is 3. The van der Waals surface area contributed by atoms with E-state index in [9.17, 15) is 32.8 Å². The summed E-state index contributed by atoms with van der Waals surface area (Å²) in [6, 6.07) is -2.63. The largest absolute Gasteiger partial charge is 0.389 e. The molecular formula is C19H29F3N4O5S. The molecule has 1 aromatic rings. The summed E-state index contributed by atoms with van der Waals surface area (Å²) in [5.41, 5.74) is 0. The highest BCUT2D eigenvalue weighted by atomic mass is 32.1. The van der Waals surface area contributed by atoms with Gasteiger partial charge in [-0.25, -0.2) is 10.0 Å². The van der Waals surface area contributed by atoms with Crippen LogP contribution in [0.1, 0.15) is 40.0 Å². The highest BCUT2D eigenvalue weighted by Crippen LogP contribution is 2.29. The number of hydrogen-bond acceptors (Lipinski definition) is 7. The van der Waals surface area contributed by atoms with E-state index in [1.165, 1.54) is 20.2 Å². The fourth-order valence-electron chi connectivity index (χ4n) is 3.12. The van der Waals surface area contributed by atoms with Gasteiger partial charge >= 0.3 is 6.18 Å².